The van der Waals surface area contributed by atoms with Gasteiger partial charge in [0.15, 0.2) is 11.5 Å². The van der Waals surface area contributed by atoms with Crippen LogP contribution < -0.4 is 5.56 Å². The van der Waals surface area contributed by atoms with E-state index in [1.165, 1.54) is 22.9 Å². The molecule has 0 unspecified atom stereocenters. The van der Waals surface area contributed by atoms with Gasteiger partial charge >= 0.3 is 5.97 Å². The minimum Gasteiger partial charge on any atom is -0.476 e. The summed E-state index contributed by atoms with van der Waals surface area (Å²) in [6.45, 7) is 0. The highest BCUT2D eigenvalue weighted by Crippen LogP contribution is 2.24. The topological polar surface area (TPSA) is 101 Å². The van der Waals surface area contributed by atoms with Crippen LogP contribution >= 0.6 is 11.6 Å². The summed E-state index contributed by atoms with van der Waals surface area (Å²) in [7, 11) is 0. The number of aromatic amines is 1. The number of aromatic carboxylic acids is 1. The van der Waals surface area contributed by atoms with Crippen LogP contribution in [0, 0.1) is 0 Å². The van der Waals surface area contributed by atoms with Crippen LogP contribution in [0.4, 0.5) is 0 Å². The monoisotopic (exact) mass is 316 g/mol. The molecule has 1 aromatic carbocycles. The van der Waals surface area contributed by atoms with Crippen molar-refractivity contribution in [3.8, 4) is 17.1 Å². The summed E-state index contributed by atoms with van der Waals surface area (Å²) >= 11 is 5.86. The fraction of sp³-hybridized carbons (Fsp3) is 0. The zero-order valence-corrected chi connectivity index (χ0v) is 11.8. The Morgan fingerprint density at radius 1 is 1.18 bits per heavy atom. The third-order valence-electron chi connectivity index (χ3n) is 2.95. The number of hydrogen-bond acceptors (Lipinski definition) is 4. The second-order valence-corrected chi connectivity index (χ2v) is 4.85. The van der Waals surface area contributed by atoms with E-state index in [0.29, 0.717) is 16.5 Å². The van der Waals surface area contributed by atoms with Gasteiger partial charge in [0.25, 0.3) is 5.56 Å². The molecule has 7 nitrogen and oxygen atoms in total. The zero-order chi connectivity index (χ0) is 15.7. The quantitative estimate of drug-likeness (QED) is 0.769. The Labute approximate surface area is 128 Å². The van der Waals surface area contributed by atoms with Crippen LogP contribution in [0.15, 0.2) is 47.3 Å². The van der Waals surface area contributed by atoms with E-state index in [1.807, 2.05) is 0 Å². The molecule has 0 amide bonds. The van der Waals surface area contributed by atoms with Gasteiger partial charge in [-0.1, -0.05) is 23.7 Å². The Hall–Kier alpha value is -2.93. The molecule has 110 valence electrons. The third-order valence-corrected chi connectivity index (χ3v) is 3.20. The van der Waals surface area contributed by atoms with Gasteiger partial charge in [0.05, 0.1) is 5.69 Å². The lowest BCUT2D eigenvalue weighted by atomic mass is 10.1. The number of aromatic nitrogens is 4. The first kappa shape index (κ1) is 14.0. The van der Waals surface area contributed by atoms with Crippen LogP contribution in [0.1, 0.15) is 10.5 Å². The van der Waals surface area contributed by atoms with Gasteiger partial charge in [0, 0.05) is 16.7 Å². The maximum absolute atomic E-state index is 11.2. The Kier molecular flexibility index (Phi) is 3.48. The molecule has 2 N–H and O–H groups in total. The Morgan fingerprint density at radius 2 is 1.91 bits per heavy atom. The summed E-state index contributed by atoms with van der Waals surface area (Å²) < 4.78 is 1.35. The molecule has 8 heteroatoms. The van der Waals surface area contributed by atoms with Gasteiger partial charge < -0.3 is 5.11 Å². The van der Waals surface area contributed by atoms with Crippen molar-refractivity contribution in [2.24, 2.45) is 0 Å². The van der Waals surface area contributed by atoms with Crippen LogP contribution in [-0.2, 0) is 0 Å². The average molecular weight is 317 g/mol. The van der Waals surface area contributed by atoms with Gasteiger partial charge in [-0.15, -0.1) is 0 Å². The number of carboxylic acids is 1. The zero-order valence-electron chi connectivity index (χ0n) is 11.0. The summed E-state index contributed by atoms with van der Waals surface area (Å²) in [5.74, 6) is -0.851. The molecule has 3 aromatic rings. The molecule has 0 atom stereocenters. The van der Waals surface area contributed by atoms with E-state index < -0.39 is 5.97 Å². The highest BCUT2D eigenvalue weighted by molar-refractivity contribution is 6.30. The van der Waals surface area contributed by atoms with E-state index in [1.54, 1.807) is 24.3 Å². The van der Waals surface area contributed by atoms with Crippen LogP contribution in [0.25, 0.3) is 17.1 Å². The minimum atomic E-state index is -1.15. The highest BCUT2D eigenvalue weighted by Gasteiger charge is 2.16. The first-order valence-electron chi connectivity index (χ1n) is 6.20. The maximum Gasteiger partial charge on any atom is 0.356 e. The summed E-state index contributed by atoms with van der Waals surface area (Å²) in [4.78, 5) is 22.3. The molecule has 0 aliphatic rings. The van der Waals surface area contributed by atoms with Crippen LogP contribution in [0.5, 0.6) is 0 Å². The number of nitrogens with one attached hydrogen (secondary N) is 1. The number of carbonyl (C=O) groups is 1. The van der Waals surface area contributed by atoms with E-state index >= 15 is 0 Å². The molecule has 0 spiro atoms. The number of halogens is 1. The molecule has 0 radical (unpaired) electrons. The SMILES string of the molecule is O=C(O)c1cc(-c2ccc(Cl)cc2)n(-c2ccc(=O)[nH]n2)n1. The molecule has 0 saturated heterocycles. The molecular formula is C14H9ClN4O3. The average Bonchev–Trinajstić information content (AvgIpc) is 2.94. The summed E-state index contributed by atoms with van der Waals surface area (Å²) in [6.07, 6.45) is 0. The maximum atomic E-state index is 11.2. The Balaban J connectivity index is 2.19. The third kappa shape index (κ3) is 2.61. The molecule has 2 aromatic heterocycles. The predicted molar refractivity (Wildman–Crippen MR) is 79.4 cm³/mol. The lowest BCUT2D eigenvalue weighted by Gasteiger charge is -2.05. The summed E-state index contributed by atoms with van der Waals surface area (Å²) in [5, 5.41) is 19.9. The second-order valence-electron chi connectivity index (χ2n) is 4.42. The molecule has 3 rings (SSSR count). The number of nitrogens with zero attached hydrogens (tertiary/aromatic N) is 3. The standard InChI is InChI=1S/C14H9ClN4O3/c15-9-3-1-8(2-4-9)11-7-10(14(21)22)18-19(11)12-5-6-13(20)17-16-12/h1-7H,(H,17,20)(H,21,22). The molecule has 0 aliphatic carbocycles. The molecule has 2 heterocycles. The van der Waals surface area contributed by atoms with Gasteiger partial charge in [-0.25, -0.2) is 14.6 Å². The van der Waals surface area contributed by atoms with Crippen molar-refractivity contribution in [2.75, 3.05) is 0 Å². The van der Waals surface area contributed by atoms with Crippen molar-refractivity contribution in [3.63, 3.8) is 0 Å². The van der Waals surface area contributed by atoms with E-state index in [9.17, 15) is 9.59 Å². The largest absolute Gasteiger partial charge is 0.476 e. The van der Waals surface area contributed by atoms with Gasteiger partial charge in [-0.05, 0) is 24.3 Å². The number of rotatable bonds is 3. The van der Waals surface area contributed by atoms with Crippen molar-refractivity contribution >= 4 is 17.6 Å². The summed E-state index contributed by atoms with van der Waals surface area (Å²) in [5.41, 5.74) is 0.756. The molecule has 0 bridgehead atoms. The van der Waals surface area contributed by atoms with Crippen molar-refractivity contribution in [1.82, 2.24) is 20.0 Å². The lowest BCUT2D eigenvalue weighted by Crippen LogP contribution is -2.11. The fourth-order valence-electron chi connectivity index (χ4n) is 1.94. The number of hydrogen-bond donors (Lipinski definition) is 2. The predicted octanol–water partition coefficient (Wildman–Crippen LogP) is 1.97. The number of carboxylic acid groups (broad SMARTS) is 1. The first-order valence-corrected chi connectivity index (χ1v) is 6.58. The Bertz CT molecular complexity index is 879. The van der Waals surface area contributed by atoms with E-state index in [-0.39, 0.29) is 11.3 Å². The van der Waals surface area contributed by atoms with Crippen molar-refractivity contribution < 1.29 is 9.90 Å². The van der Waals surface area contributed by atoms with Gasteiger partial charge in [0.2, 0.25) is 0 Å². The van der Waals surface area contributed by atoms with Crippen LogP contribution in [0.2, 0.25) is 5.02 Å². The van der Waals surface area contributed by atoms with Crippen molar-refractivity contribution in [3.05, 3.63) is 63.5 Å². The fourth-order valence-corrected chi connectivity index (χ4v) is 2.07. The second kappa shape index (κ2) is 5.45. The van der Waals surface area contributed by atoms with Gasteiger partial charge in [-0.2, -0.15) is 10.2 Å². The smallest absolute Gasteiger partial charge is 0.356 e. The van der Waals surface area contributed by atoms with E-state index in [0.717, 1.165) is 5.56 Å². The van der Waals surface area contributed by atoms with E-state index in [4.69, 9.17) is 16.7 Å². The lowest BCUT2D eigenvalue weighted by molar-refractivity contribution is 0.0690. The number of H-pyrrole nitrogens is 1. The van der Waals surface area contributed by atoms with Gasteiger partial charge in [0.1, 0.15) is 0 Å². The summed E-state index contributed by atoms with van der Waals surface area (Å²) in [6, 6.07) is 11.0. The highest BCUT2D eigenvalue weighted by atomic mass is 35.5. The Morgan fingerprint density at radius 3 is 2.50 bits per heavy atom. The molecule has 0 saturated carbocycles. The molecule has 0 aliphatic heterocycles. The minimum absolute atomic E-state index is 0.127. The van der Waals surface area contributed by atoms with E-state index in [2.05, 4.69) is 15.3 Å². The first-order chi connectivity index (χ1) is 10.5. The molecular weight excluding hydrogens is 308 g/mol. The van der Waals surface area contributed by atoms with Crippen molar-refractivity contribution in [1.29, 1.82) is 0 Å². The van der Waals surface area contributed by atoms with Gasteiger partial charge in [-0.3, -0.25) is 4.79 Å². The molecule has 0 fully saturated rings. The normalized spacial score (nSPS) is 10.6. The van der Waals surface area contributed by atoms with Crippen molar-refractivity contribution in [2.45, 2.75) is 0 Å². The molecule has 22 heavy (non-hydrogen) atoms. The number of benzene rings is 1. The van der Waals surface area contributed by atoms with Crippen LogP contribution in [-0.4, -0.2) is 31.1 Å². The van der Waals surface area contributed by atoms with Crippen LogP contribution in [0.3, 0.4) is 0 Å².